The van der Waals surface area contributed by atoms with Crippen LogP contribution in [0.4, 0.5) is 5.82 Å². The third kappa shape index (κ3) is 3.31. The quantitative estimate of drug-likeness (QED) is 0.835. The maximum absolute atomic E-state index is 4.48. The summed E-state index contributed by atoms with van der Waals surface area (Å²) in [7, 11) is 1.91. The number of hydrogen-bond donors (Lipinski definition) is 1. The molecule has 0 amide bonds. The van der Waals surface area contributed by atoms with E-state index in [0.717, 1.165) is 23.7 Å². The van der Waals surface area contributed by atoms with Crippen molar-refractivity contribution in [3.63, 3.8) is 0 Å². The fraction of sp³-hybridized carbons (Fsp3) is 0.375. The molecule has 1 aromatic heterocycles. The van der Waals surface area contributed by atoms with Gasteiger partial charge in [0, 0.05) is 17.5 Å². The van der Waals surface area contributed by atoms with Crippen molar-refractivity contribution in [1.82, 2.24) is 9.97 Å². The van der Waals surface area contributed by atoms with Gasteiger partial charge in [0.25, 0.3) is 0 Å². The molecule has 0 fully saturated rings. The van der Waals surface area contributed by atoms with Gasteiger partial charge in [-0.15, -0.1) is 0 Å². The molecule has 0 spiro atoms. The van der Waals surface area contributed by atoms with Crippen molar-refractivity contribution in [3.05, 3.63) is 41.2 Å². The number of aromatic nitrogens is 2. The van der Waals surface area contributed by atoms with Crippen molar-refractivity contribution in [2.24, 2.45) is 0 Å². The lowest BCUT2D eigenvalue weighted by Crippen LogP contribution is -2.02. The zero-order valence-corrected chi connectivity index (χ0v) is 13.3. The van der Waals surface area contributed by atoms with Crippen LogP contribution in [0.3, 0.4) is 0 Å². The third-order valence-corrected chi connectivity index (χ3v) is 4.40. The number of benzene rings is 1. The lowest BCUT2D eigenvalue weighted by Gasteiger charge is -2.13. The molecule has 0 saturated carbocycles. The minimum atomic E-state index is 0.939. The van der Waals surface area contributed by atoms with Crippen LogP contribution in [0.25, 0.3) is 0 Å². The molecule has 2 rings (SSSR count). The molecule has 2 aromatic rings. The van der Waals surface area contributed by atoms with Crippen LogP contribution in [0, 0.1) is 13.8 Å². The highest BCUT2D eigenvalue weighted by Crippen LogP contribution is 2.34. The maximum atomic E-state index is 4.48. The molecule has 1 heterocycles. The Morgan fingerprint density at radius 3 is 2.70 bits per heavy atom. The summed E-state index contributed by atoms with van der Waals surface area (Å²) in [6, 6.07) is 6.53. The number of rotatable bonds is 5. The van der Waals surface area contributed by atoms with Crippen LogP contribution in [-0.4, -0.2) is 17.0 Å². The standard InChI is InChI=1S/C16H21N3S/c1-5-6-13-15(17-4)18-10-19-16(13)20-14-9-11(2)7-8-12(14)3/h7-10H,5-6H2,1-4H3,(H,17,18,19). The first-order chi connectivity index (χ1) is 9.65. The fourth-order valence-electron chi connectivity index (χ4n) is 2.10. The molecule has 0 bridgehead atoms. The second-order valence-electron chi connectivity index (χ2n) is 4.88. The lowest BCUT2D eigenvalue weighted by molar-refractivity contribution is 0.858. The first kappa shape index (κ1) is 14.9. The molecular weight excluding hydrogens is 266 g/mol. The van der Waals surface area contributed by atoms with Gasteiger partial charge in [0.15, 0.2) is 0 Å². The van der Waals surface area contributed by atoms with Crippen LogP contribution >= 0.6 is 11.8 Å². The molecule has 0 aliphatic rings. The molecule has 0 aliphatic heterocycles. The van der Waals surface area contributed by atoms with Crippen molar-refractivity contribution in [3.8, 4) is 0 Å². The van der Waals surface area contributed by atoms with Gasteiger partial charge in [-0.3, -0.25) is 0 Å². The Morgan fingerprint density at radius 2 is 2.00 bits per heavy atom. The van der Waals surface area contributed by atoms with Gasteiger partial charge < -0.3 is 5.32 Å². The van der Waals surface area contributed by atoms with E-state index in [-0.39, 0.29) is 0 Å². The molecule has 106 valence electrons. The SMILES string of the molecule is CCCc1c(NC)ncnc1Sc1cc(C)ccc1C. The normalized spacial score (nSPS) is 10.6. The van der Waals surface area contributed by atoms with Crippen molar-refractivity contribution in [1.29, 1.82) is 0 Å². The van der Waals surface area contributed by atoms with Crippen molar-refractivity contribution < 1.29 is 0 Å². The molecule has 1 N–H and O–H groups in total. The van der Waals surface area contributed by atoms with Crippen LogP contribution < -0.4 is 5.32 Å². The Labute approximate surface area is 125 Å². The van der Waals surface area contributed by atoms with Crippen LogP contribution in [0.1, 0.15) is 30.0 Å². The highest BCUT2D eigenvalue weighted by Gasteiger charge is 2.12. The number of hydrogen-bond acceptors (Lipinski definition) is 4. The summed E-state index contributed by atoms with van der Waals surface area (Å²) in [4.78, 5) is 10.1. The van der Waals surface area contributed by atoms with Crippen molar-refractivity contribution in [2.75, 3.05) is 12.4 Å². The molecule has 0 atom stereocenters. The predicted molar refractivity (Wildman–Crippen MR) is 85.6 cm³/mol. The average molecular weight is 287 g/mol. The Hall–Kier alpha value is -1.55. The largest absolute Gasteiger partial charge is 0.373 e. The van der Waals surface area contributed by atoms with Gasteiger partial charge in [0.05, 0.1) is 0 Å². The first-order valence-corrected chi connectivity index (χ1v) is 7.74. The maximum Gasteiger partial charge on any atom is 0.133 e. The van der Waals surface area contributed by atoms with E-state index in [1.807, 2.05) is 7.05 Å². The zero-order chi connectivity index (χ0) is 14.5. The smallest absolute Gasteiger partial charge is 0.133 e. The van der Waals surface area contributed by atoms with Gasteiger partial charge in [-0.25, -0.2) is 9.97 Å². The average Bonchev–Trinajstić information content (AvgIpc) is 2.45. The van der Waals surface area contributed by atoms with Gasteiger partial charge in [-0.05, 0) is 37.5 Å². The minimum Gasteiger partial charge on any atom is -0.373 e. The first-order valence-electron chi connectivity index (χ1n) is 6.92. The van der Waals surface area contributed by atoms with E-state index in [0.29, 0.717) is 0 Å². The number of nitrogens with one attached hydrogen (secondary N) is 1. The van der Waals surface area contributed by atoms with Gasteiger partial charge in [-0.2, -0.15) is 0 Å². The second kappa shape index (κ2) is 6.75. The van der Waals surface area contributed by atoms with E-state index < -0.39 is 0 Å². The Balaban J connectivity index is 2.39. The van der Waals surface area contributed by atoms with Crippen LogP contribution in [0.5, 0.6) is 0 Å². The Morgan fingerprint density at radius 1 is 1.20 bits per heavy atom. The van der Waals surface area contributed by atoms with E-state index in [4.69, 9.17) is 0 Å². The van der Waals surface area contributed by atoms with Gasteiger partial charge in [0.1, 0.15) is 17.2 Å². The molecule has 4 heteroatoms. The molecule has 20 heavy (non-hydrogen) atoms. The van der Waals surface area contributed by atoms with E-state index in [9.17, 15) is 0 Å². The molecule has 0 aliphatic carbocycles. The van der Waals surface area contributed by atoms with E-state index >= 15 is 0 Å². The van der Waals surface area contributed by atoms with Gasteiger partial charge in [0.2, 0.25) is 0 Å². The minimum absolute atomic E-state index is 0.939. The van der Waals surface area contributed by atoms with E-state index in [1.54, 1.807) is 18.1 Å². The second-order valence-corrected chi connectivity index (χ2v) is 5.91. The van der Waals surface area contributed by atoms with Crippen molar-refractivity contribution in [2.45, 2.75) is 43.5 Å². The Bertz CT molecular complexity index is 596. The third-order valence-electron chi connectivity index (χ3n) is 3.19. The van der Waals surface area contributed by atoms with Crippen LogP contribution in [0.2, 0.25) is 0 Å². The number of anilines is 1. The van der Waals surface area contributed by atoms with Crippen molar-refractivity contribution >= 4 is 17.6 Å². The summed E-state index contributed by atoms with van der Waals surface area (Å²) < 4.78 is 0. The van der Waals surface area contributed by atoms with Crippen LogP contribution in [-0.2, 0) is 6.42 Å². The highest BCUT2D eigenvalue weighted by atomic mass is 32.2. The Kier molecular flexibility index (Phi) is 5.01. The lowest BCUT2D eigenvalue weighted by atomic mass is 10.2. The molecular formula is C16H21N3S. The highest BCUT2D eigenvalue weighted by molar-refractivity contribution is 7.99. The van der Waals surface area contributed by atoms with E-state index in [2.05, 4.69) is 54.3 Å². The number of aryl methyl sites for hydroxylation is 2. The summed E-state index contributed by atoms with van der Waals surface area (Å²) in [6.07, 6.45) is 3.71. The monoisotopic (exact) mass is 287 g/mol. The molecule has 0 unspecified atom stereocenters. The summed E-state index contributed by atoms with van der Waals surface area (Å²) in [6.45, 7) is 6.44. The van der Waals surface area contributed by atoms with Crippen LogP contribution in [0.15, 0.2) is 34.4 Å². The number of nitrogens with zero attached hydrogens (tertiary/aromatic N) is 2. The van der Waals surface area contributed by atoms with Gasteiger partial charge in [-0.1, -0.05) is 37.2 Å². The predicted octanol–water partition coefficient (Wildman–Crippen LogP) is 4.24. The summed E-state index contributed by atoms with van der Waals surface area (Å²) in [5, 5.41) is 4.22. The van der Waals surface area contributed by atoms with Gasteiger partial charge >= 0.3 is 0 Å². The molecule has 0 radical (unpaired) electrons. The summed E-state index contributed by atoms with van der Waals surface area (Å²) in [5.74, 6) is 0.939. The molecule has 1 aromatic carbocycles. The summed E-state index contributed by atoms with van der Waals surface area (Å²) >= 11 is 1.73. The zero-order valence-electron chi connectivity index (χ0n) is 12.5. The topological polar surface area (TPSA) is 37.8 Å². The summed E-state index contributed by atoms with van der Waals surface area (Å²) in [5.41, 5.74) is 3.77. The van der Waals surface area contributed by atoms with E-state index in [1.165, 1.54) is 21.6 Å². The fourth-order valence-corrected chi connectivity index (χ4v) is 3.20. The molecule has 3 nitrogen and oxygen atoms in total. The molecule has 0 saturated heterocycles.